The van der Waals surface area contributed by atoms with Crippen LogP contribution in [0.1, 0.15) is 84.5 Å². The molecule has 3 aromatic rings. The molecule has 0 amide bonds. The largest absolute Gasteiger partial charge is 0.508 e. The molecule has 3 rings (SSSR count). The Kier molecular flexibility index (Phi) is 9.89. The van der Waals surface area contributed by atoms with Gasteiger partial charge in [-0.25, -0.2) is 9.59 Å². The van der Waals surface area contributed by atoms with Gasteiger partial charge in [-0.15, -0.1) is 0 Å². The highest BCUT2D eigenvalue weighted by Gasteiger charge is 2.28. The molecule has 0 aliphatic rings. The number of carbonyl (C=O) groups is 2. The Balaban J connectivity index is 0.000000335. The fourth-order valence-electron chi connectivity index (χ4n) is 4.33. The minimum atomic E-state index is -1.06. The quantitative estimate of drug-likeness (QED) is 0.264. The lowest BCUT2D eigenvalue weighted by Gasteiger charge is -2.31. The summed E-state index contributed by atoms with van der Waals surface area (Å²) in [6, 6.07) is 16.4. The summed E-state index contributed by atoms with van der Waals surface area (Å²) in [6.07, 6.45) is 1.83. The third-order valence-electron chi connectivity index (χ3n) is 6.27. The molecule has 0 unspecified atom stereocenters. The molecule has 6 heteroatoms. The summed E-state index contributed by atoms with van der Waals surface area (Å²) in [5, 5.41) is 37.1. The monoisotopic (exact) mass is 506 g/mol. The number of phenolic OH excluding ortho intramolecular Hbond substituents is 2. The summed E-state index contributed by atoms with van der Waals surface area (Å²) in [5.41, 5.74) is 4.77. The van der Waals surface area contributed by atoms with E-state index in [1.54, 1.807) is 12.1 Å². The molecule has 37 heavy (non-hydrogen) atoms. The fraction of sp³-hybridized carbons (Fsp3) is 0.355. The van der Waals surface area contributed by atoms with E-state index in [1.807, 2.05) is 18.2 Å². The molecule has 0 radical (unpaired) electrons. The minimum absolute atomic E-state index is 0.0833. The van der Waals surface area contributed by atoms with Crippen LogP contribution in [0.4, 0.5) is 0 Å². The zero-order chi connectivity index (χ0) is 27.9. The summed E-state index contributed by atoms with van der Waals surface area (Å²) in [4.78, 5) is 20.7. The molecule has 0 aliphatic heterocycles. The Morgan fingerprint density at radius 2 is 1.11 bits per heavy atom. The van der Waals surface area contributed by atoms with Gasteiger partial charge in [-0.3, -0.25) is 0 Å². The molecule has 0 aliphatic carbocycles. The van der Waals surface area contributed by atoms with Gasteiger partial charge in [0.05, 0.1) is 11.1 Å². The molecule has 0 bridgehead atoms. The van der Waals surface area contributed by atoms with Gasteiger partial charge in [0.2, 0.25) is 0 Å². The average molecular weight is 507 g/mol. The molecule has 0 atom stereocenters. The van der Waals surface area contributed by atoms with Gasteiger partial charge in [0.15, 0.2) is 0 Å². The molecule has 0 saturated carbocycles. The molecule has 0 aromatic heterocycles. The number of rotatable bonds is 8. The van der Waals surface area contributed by atoms with E-state index in [-0.39, 0.29) is 22.3 Å². The van der Waals surface area contributed by atoms with E-state index in [9.17, 15) is 19.8 Å². The molecule has 198 valence electrons. The summed E-state index contributed by atoms with van der Waals surface area (Å²) >= 11 is 0. The van der Waals surface area contributed by atoms with Crippen molar-refractivity contribution in [3.8, 4) is 11.5 Å². The van der Waals surface area contributed by atoms with Crippen molar-refractivity contribution < 1.29 is 30.0 Å². The average Bonchev–Trinajstić information content (AvgIpc) is 2.81. The van der Waals surface area contributed by atoms with Crippen LogP contribution in [0.3, 0.4) is 0 Å². The first kappa shape index (κ1) is 29.4. The number of aromatic carboxylic acids is 2. The summed E-state index contributed by atoms with van der Waals surface area (Å²) < 4.78 is 0. The Morgan fingerprint density at radius 3 is 1.51 bits per heavy atom. The number of aromatic hydroxyl groups is 2. The predicted octanol–water partition coefficient (Wildman–Crippen LogP) is 6.90. The Labute approximate surface area is 219 Å². The van der Waals surface area contributed by atoms with Crippen LogP contribution in [0.5, 0.6) is 11.5 Å². The third-order valence-corrected chi connectivity index (χ3v) is 6.27. The normalized spacial score (nSPS) is 11.2. The van der Waals surface area contributed by atoms with Gasteiger partial charge in [0.1, 0.15) is 11.5 Å². The first-order valence-corrected chi connectivity index (χ1v) is 12.4. The van der Waals surface area contributed by atoms with E-state index in [1.165, 1.54) is 35.4 Å². The molecule has 0 heterocycles. The van der Waals surface area contributed by atoms with Crippen molar-refractivity contribution in [2.45, 2.75) is 59.8 Å². The lowest BCUT2D eigenvalue weighted by molar-refractivity contribution is 0.0681. The van der Waals surface area contributed by atoms with Crippen molar-refractivity contribution in [3.63, 3.8) is 0 Å². The summed E-state index contributed by atoms with van der Waals surface area (Å²) in [5.74, 6) is -0.424. The second kappa shape index (κ2) is 12.4. The van der Waals surface area contributed by atoms with Gasteiger partial charge in [0.25, 0.3) is 0 Å². The number of benzene rings is 3. The minimum Gasteiger partial charge on any atom is -0.508 e. The lowest BCUT2D eigenvalue weighted by atomic mass is 9.73. The molecule has 0 spiro atoms. The Bertz CT molecular complexity index is 1170. The number of carboxylic acid groups (broad SMARTS) is 2. The summed E-state index contributed by atoms with van der Waals surface area (Å²) in [7, 11) is 0. The molecule has 6 nitrogen and oxygen atoms in total. The van der Waals surface area contributed by atoms with Crippen LogP contribution >= 0.6 is 0 Å². The predicted molar refractivity (Wildman–Crippen MR) is 146 cm³/mol. The van der Waals surface area contributed by atoms with E-state index in [0.717, 1.165) is 24.0 Å². The SMILES string of the molecule is CC(C)Cc1c(O)ccc(C(C)(C)c2ccc(O)cc2)c1CC(C)C.O=C(O)c1ccc(C(=O)O)cc1. The van der Waals surface area contributed by atoms with Crippen LogP contribution in [-0.2, 0) is 18.3 Å². The third kappa shape index (κ3) is 7.84. The maximum Gasteiger partial charge on any atom is 0.335 e. The molecule has 3 aromatic carbocycles. The van der Waals surface area contributed by atoms with E-state index in [0.29, 0.717) is 17.6 Å². The van der Waals surface area contributed by atoms with Crippen molar-refractivity contribution in [2.75, 3.05) is 0 Å². The zero-order valence-electron chi connectivity index (χ0n) is 22.4. The van der Waals surface area contributed by atoms with Gasteiger partial charge >= 0.3 is 11.9 Å². The van der Waals surface area contributed by atoms with Crippen molar-refractivity contribution in [2.24, 2.45) is 11.8 Å². The van der Waals surface area contributed by atoms with E-state index < -0.39 is 11.9 Å². The number of hydrogen-bond acceptors (Lipinski definition) is 4. The van der Waals surface area contributed by atoms with Crippen LogP contribution in [-0.4, -0.2) is 32.4 Å². The second-order valence-electron chi connectivity index (χ2n) is 10.6. The van der Waals surface area contributed by atoms with E-state index in [4.69, 9.17) is 10.2 Å². The summed E-state index contributed by atoms with van der Waals surface area (Å²) in [6.45, 7) is 13.3. The van der Waals surface area contributed by atoms with Gasteiger partial charge in [-0.05, 0) is 89.4 Å². The smallest absolute Gasteiger partial charge is 0.335 e. The van der Waals surface area contributed by atoms with Crippen LogP contribution in [0.25, 0.3) is 0 Å². The molecule has 4 N–H and O–H groups in total. The van der Waals surface area contributed by atoms with Gasteiger partial charge in [0, 0.05) is 5.41 Å². The van der Waals surface area contributed by atoms with Gasteiger partial charge in [-0.1, -0.05) is 59.7 Å². The topological polar surface area (TPSA) is 115 Å². The van der Waals surface area contributed by atoms with Gasteiger partial charge in [-0.2, -0.15) is 0 Å². The molecule has 0 saturated heterocycles. The molecule has 0 fully saturated rings. The van der Waals surface area contributed by atoms with Crippen LogP contribution < -0.4 is 0 Å². The highest BCUT2D eigenvalue weighted by Crippen LogP contribution is 2.39. The van der Waals surface area contributed by atoms with Crippen LogP contribution in [0, 0.1) is 11.8 Å². The zero-order valence-corrected chi connectivity index (χ0v) is 22.4. The first-order chi connectivity index (χ1) is 17.2. The van der Waals surface area contributed by atoms with E-state index in [2.05, 4.69) is 47.6 Å². The standard InChI is InChI=1S/C23H32O2.C8H6O4/c1-15(2)13-19-20(14-16(3)4)22(25)12-11-21(19)23(5,6)17-7-9-18(24)10-8-17;9-7(10)5-1-2-6(4-3-5)8(11)12/h7-12,15-16,24-25H,13-14H2,1-6H3;1-4H,(H,9,10)(H,11,12). The lowest BCUT2D eigenvalue weighted by Crippen LogP contribution is -2.23. The van der Waals surface area contributed by atoms with Crippen molar-refractivity contribution >= 4 is 11.9 Å². The number of phenols is 2. The number of carboxylic acids is 2. The highest BCUT2D eigenvalue weighted by atomic mass is 16.4. The highest BCUT2D eigenvalue weighted by molar-refractivity contribution is 5.91. The van der Waals surface area contributed by atoms with Crippen molar-refractivity contribution in [1.82, 2.24) is 0 Å². The maximum atomic E-state index is 10.5. The second-order valence-corrected chi connectivity index (χ2v) is 10.6. The van der Waals surface area contributed by atoms with Crippen LogP contribution in [0.2, 0.25) is 0 Å². The van der Waals surface area contributed by atoms with E-state index >= 15 is 0 Å². The molecular weight excluding hydrogens is 468 g/mol. The number of hydrogen-bond donors (Lipinski definition) is 4. The Hall–Kier alpha value is -3.80. The maximum absolute atomic E-state index is 10.5. The van der Waals surface area contributed by atoms with Crippen molar-refractivity contribution in [3.05, 3.63) is 94.0 Å². The molecular formula is C31H38O6. The van der Waals surface area contributed by atoms with Crippen molar-refractivity contribution in [1.29, 1.82) is 0 Å². The first-order valence-electron chi connectivity index (χ1n) is 12.4. The van der Waals surface area contributed by atoms with Crippen LogP contribution in [0.15, 0.2) is 60.7 Å². The van der Waals surface area contributed by atoms with Gasteiger partial charge < -0.3 is 20.4 Å². The Morgan fingerprint density at radius 1 is 0.676 bits per heavy atom. The fourth-order valence-corrected chi connectivity index (χ4v) is 4.33.